The molecule has 1 saturated heterocycles. The highest BCUT2D eigenvalue weighted by atomic mass is 16.2. The number of carbonyl (C=O) groups excluding carboxylic acids is 1. The van der Waals surface area contributed by atoms with Crippen molar-refractivity contribution < 1.29 is 4.79 Å². The normalized spacial score (nSPS) is 23.2. The summed E-state index contributed by atoms with van der Waals surface area (Å²) in [5.41, 5.74) is 1.58. The highest BCUT2D eigenvalue weighted by Gasteiger charge is 2.36. The first-order chi connectivity index (χ1) is 10.3. The zero-order valence-electron chi connectivity index (χ0n) is 12.2. The molecule has 2 aromatic heterocycles. The van der Waals surface area contributed by atoms with Crippen LogP contribution in [0, 0.1) is 5.92 Å². The zero-order valence-corrected chi connectivity index (χ0v) is 12.2. The van der Waals surface area contributed by atoms with Crippen molar-refractivity contribution >= 4 is 16.9 Å². The standard InChI is InChI=1S/C17H21N3O/c21-17(14-11-19-16-13(14)7-3-9-18-16)20-10-4-8-15(20)12-5-1-2-6-12/h3,7,9,11-12,15H,1-2,4-6,8,10H2,(H,18,19). The molecule has 1 saturated carbocycles. The van der Waals surface area contributed by atoms with Gasteiger partial charge in [0.15, 0.2) is 0 Å². The van der Waals surface area contributed by atoms with E-state index in [1.165, 1.54) is 32.1 Å². The Labute approximate surface area is 124 Å². The van der Waals surface area contributed by atoms with Gasteiger partial charge in [-0.25, -0.2) is 4.98 Å². The van der Waals surface area contributed by atoms with Gasteiger partial charge in [-0.2, -0.15) is 0 Å². The van der Waals surface area contributed by atoms with E-state index in [1.807, 2.05) is 18.3 Å². The van der Waals surface area contributed by atoms with Crippen molar-refractivity contribution in [3.8, 4) is 0 Å². The number of hydrogen-bond acceptors (Lipinski definition) is 2. The quantitative estimate of drug-likeness (QED) is 0.918. The van der Waals surface area contributed by atoms with Gasteiger partial charge in [0.2, 0.25) is 0 Å². The number of H-pyrrole nitrogens is 1. The number of aromatic nitrogens is 2. The van der Waals surface area contributed by atoms with E-state index >= 15 is 0 Å². The predicted octanol–water partition coefficient (Wildman–Crippen LogP) is 3.36. The Bertz CT molecular complexity index is 657. The van der Waals surface area contributed by atoms with Crippen molar-refractivity contribution in [1.82, 2.24) is 14.9 Å². The first-order valence-electron chi connectivity index (χ1n) is 8.07. The number of fused-ring (bicyclic) bond motifs is 1. The van der Waals surface area contributed by atoms with E-state index in [0.717, 1.165) is 35.5 Å². The van der Waals surface area contributed by atoms with Crippen molar-refractivity contribution in [2.75, 3.05) is 6.54 Å². The third kappa shape index (κ3) is 2.13. The van der Waals surface area contributed by atoms with Crippen LogP contribution < -0.4 is 0 Å². The molecule has 3 heterocycles. The minimum atomic E-state index is 0.184. The first kappa shape index (κ1) is 12.9. The SMILES string of the molecule is O=C(c1c[nH]c2ncccc12)N1CCCC1C1CCCC1. The second kappa shape index (κ2) is 5.17. The lowest BCUT2D eigenvalue weighted by molar-refractivity contribution is 0.0691. The Kier molecular flexibility index (Phi) is 3.17. The Morgan fingerprint density at radius 1 is 1.24 bits per heavy atom. The Hall–Kier alpha value is -1.84. The maximum absolute atomic E-state index is 13.0. The fourth-order valence-electron chi connectivity index (χ4n) is 4.16. The van der Waals surface area contributed by atoms with Crippen molar-refractivity contribution in [3.05, 3.63) is 30.1 Å². The van der Waals surface area contributed by atoms with Crippen LogP contribution in [0.25, 0.3) is 11.0 Å². The van der Waals surface area contributed by atoms with Gasteiger partial charge in [-0.1, -0.05) is 12.8 Å². The molecule has 4 nitrogen and oxygen atoms in total. The third-order valence-corrected chi connectivity index (χ3v) is 5.19. The van der Waals surface area contributed by atoms with E-state index in [0.29, 0.717) is 6.04 Å². The monoisotopic (exact) mass is 283 g/mol. The highest BCUT2D eigenvalue weighted by Crippen LogP contribution is 2.36. The van der Waals surface area contributed by atoms with Gasteiger partial charge in [0.05, 0.1) is 5.56 Å². The molecule has 0 spiro atoms. The van der Waals surface area contributed by atoms with Gasteiger partial charge in [-0.15, -0.1) is 0 Å². The Morgan fingerprint density at radius 2 is 2.10 bits per heavy atom. The molecular weight excluding hydrogens is 262 g/mol. The lowest BCUT2D eigenvalue weighted by Gasteiger charge is -2.29. The highest BCUT2D eigenvalue weighted by molar-refractivity contribution is 6.06. The van der Waals surface area contributed by atoms with Crippen LogP contribution in [0.4, 0.5) is 0 Å². The van der Waals surface area contributed by atoms with E-state index < -0.39 is 0 Å². The van der Waals surface area contributed by atoms with Crippen LogP contribution >= 0.6 is 0 Å². The summed E-state index contributed by atoms with van der Waals surface area (Å²) in [7, 11) is 0. The van der Waals surface area contributed by atoms with Gasteiger partial charge in [-0.05, 0) is 43.7 Å². The van der Waals surface area contributed by atoms with Crippen molar-refractivity contribution in [1.29, 1.82) is 0 Å². The molecule has 4 rings (SSSR count). The second-order valence-electron chi connectivity index (χ2n) is 6.35. The molecule has 21 heavy (non-hydrogen) atoms. The molecule has 1 aliphatic heterocycles. The molecule has 110 valence electrons. The number of pyridine rings is 1. The van der Waals surface area contributed by atoms with E-state index in [4.69, 9.17) is 0 Å². The smallest absolute Gasteiger partial charge is 0.256 e. The van der Waals surface area contributed by atoms with Crippen LogP contribution in [-0.4, -0.2) is 33.4 Å². The molecule has 0 bridgehead atoms. The van der Waals surface area contributed by atoms with Crippen LogP contribution in [0.15, 0.2) is 24.5 Å². The summed E-state index contributed by atoms with van der Waals surface area (Å²) in [5, 5.41) is 0.944. The third-order valence-electron chi connectivity index (χ3n) is 5.19. The number of amides is 1. The zero-order chi connectivity index (χ0) is 14.2. The number of hydrogen-bond donors (Lipinski definition) is 1. The fraction of sp³-hybridized carbons (Fsp3) is 0.529. The van der Waals surface area contributed by atoms with Crippen LogP contribution in [-0.2, 0) is 0 Å². The van der Waals surface area contributed by atoms with Crippen LogP contribution in [0.5, 0.6) is 0 Å². The van der Waals surface area contributed by atoms with Gasteiger partial charge in [-0.3, -0.25) is 4.79 Å². The van der Waals surface area contributed by atoms with Crippen molar-refractivity contribution in [2.45, 2.75) is 44.6 Å². The predicted molar refractivity (Wildman–Crippen MR) is 82.1 cm³/mol. The second-order valence-corrected chi connectivity index (χ2v) is 6.35. The average molecular weight is 283 g/mol. The fourth-order valence-corrected chi connectivity index (χ4v) is 4.16. The van der Waals surface area contributed by atoms with Crippen LogP contribution in [0.3, 0.4) is 0 Å². The summed E-state index contributed by atoms with van der Waals surface area (Å²) < 4.78 is 0. The molecule has 2 fully saturated rings. The average Bonchev–Trinajstić information content (AvgIpc) is 3.25. The number of likely N-dealkylation sites (tertiary alicyclic amines) is 1. The lowest BCUT2D eigenvalue weighted by atomic mass is 9.95. The first-order valence-corrected chi connectivity index (χ1v) is 8.07. The minimum absolute atomic E-state index is 0.184. The summed E-state index contributed by atoms with van der Waals surface area (Å²) in [6, 6.07) is 4.33. The molecule has 1 N–H and O–H groups in total. The van der Waals surface area contributed by atoms with Crippen LogP contribution in [0.1, 0.15) is 48.9 Å². The minimum Gasteiger partial charge on any atom is -0.345 e. The molecule has 1 aliphatic carbocycles. The topological polar surface area (TPSA) is 49.0 Å². The van der Waals surface area contributed by atoms with Crippen molar-refractivity contribution in [2.24, 2.45) is 5.92 Å². The van der Waals surface area contributed by atoms with Gasteiger partial charge >= 0.3 is 0 Å². The van der Waals surface area contributed by atoms with E-state index in [2.05, 4.69) is 14.9 Å². The molecule has 1 amide bonds. The summed E-state index contributed by atoms with van der Waals surface area (Å²) in [6.07, 6.45) is 11.2. The molecular formula is C17H21N3O. The number of nitrogens with zero attached hydrogens (tertiary/aromatic N) is 2. The van der Waals surface area contributed by atoms with Crippen LogP contribution in [0.2, 0.25) is 0 Å². The molecule has 2 aromatic rings. The summed E-state index contributed by atoms with van der Waals surface area (Å²) in [6.45, 7) is 0.910. The molecule has 0 aromatic carbocycles. The molecule has 1 atom stereocenters. The largest absolute Gasteiger partial charge is 0.345 e. The van der Waals surface area contributed by atoms with Gasteiger partial charge < -0.3 is 9.88 Å². The lowest BCUT2D eigenvalue weighted by Crippen LogP contribution is -2.39. The van der Waals surface area contributed by atoms with Gasteiger partial charge in [0, 0.05) is 30.4 Å². The number of aromatic amines is 1. The summed E-state index contributed by atoms with van der Waals surface area (Å²) in [4.78, 5) is 22.5. The maximum atomic E-state index is 13.0. The Morgan fingerprint density at radius 3 is 2.95 bits per heavy atom. The van der Waals surface area contributed by atoms with Gasteiger partial charge in [0.1, 0.15) is 5.65 Å². The number of nitrogens with one attached hydrogen (secondary N) is 1. The van der Waals surface area contributed by atoms with E-state index in [9.17, 15) is 4.79 Å². The number of rotatable bonds is 2. The van der Waals surface area contributed by atoms with E-state index in [-0.39, 0.29) is 5.91 Å². The summed E-state index contributed by atoms with van der Waals surface area (Å²) >= 11 is 0. The molecule has 2 aliphatic rings. The van der Waals surface area contributed by atoms with Crippen molar-refractivity contribution in [3.63, 3.8) is 0 Å². The molecule has 0 radical (unpaired) electrons. The number of carbonyl (C=O) groups is 1. The van der Waals surface area contributed by atoms with Gasteiger partial charge in [0.25, 0.3) is 5.91 Å². The molecule has 1 unspecified atom stereocenters. The Balaban J connectivity index is 1.64. The maximum Gasteiger partial charge on any atom is 0.256 e. The molecule has 4 heteroatoms. The summed E-state index contributed by atoms with van der Waals surface area (Å²) in [5.74, 6) is 0.906. The van der Waals surface area contributed by atoms with E-state index in [1.54, 1.807) is 6.20 Å².